The summed E-state index contributed by atoms with van der Waals surface area (Å²) < 4.78 is 0. The maximum Gasteiger partial charge on any atom is 0.310 e. The van der Waals surface area contributed by atoms with Crippen molar-refractivity contribution >= 4 is 34.0 Å². The lowest BCUT2D eigenvalue weighted by atomic mass is 9.82. The van der Waals surface area contributed by atoms with E-state index in [-0.39, 0.29) is 5.91 Å². The van der Waals surface area contributed by atoms with Crippen LogP contribution in [0.2, 0.25) is 0 Å². The predicted octanol–water partition coefficient (Wildman–Crippen LogP) is 4.12. The molecule has 0 saturated carbocycles. The van der Waals surface area contributed by atoms with Crippen LogP contribution in [0.25, 0.3) is 0 Å². The van der Waals surface area contributed by atoms with Crippen LogP contribution in [-0.2, 0) is 16.1 Å². The van der Waals surface area contributed by atoms with Crippen molar-refractivity contribution in [1.82, 2.24) is 10.3 Å². The Morgan fingerprint density at radius 3 is 2.37 bits per heavy atom. The van der Waals surface area contributed by atoms with Gasteiger partial charge in [-0.3, -0.25) is 14.5 Å². The van der Waals surface area contributed by atoms with Crippen LogP contribution in [0.4, 0.5) is 10.8 Å². The van der Waals surface area contributed by atoms with E-state index in [1.54, 1.807) is 4.90 Å². The zero-order chi connectivity index (χ0) is 20.0. The number of aryl methyl sites for hydroxylation is 1. The van der Waals surface area contributed by atoms with Gasteiger partial charge in [-0.1, -0.05) is 31.5 Å². The third kappa shape index (κ3) is 4.93. The third-order valence-electron chi connectivity index (χ3n) is 4.91. The Morgan fingerprint density at radius 1 is 1.22 bits per heavy atom. The van der Waals surface area contributed by atoms with E-state index in [4.69, 9.17) is 0 Å². The van der Waals surface area contributed by atoms with Crippen LogP contribution >= 0.6 is 11.3 Å². The second-order valence-electron chi connectivity index (χ2n) is 6.71. The molecule has 0 aliphatic carbocycles. The molecule has 0 unspecified atom stereocenters. The number of carbonyl (C=O) groups is 2. The third-order valence-corrected chi connectivity index (χ3v) is 5.79. The van der Waals surface area contributed by atoms with E-state index >= 15 is 0 Å². The van der Waals surface area contributed by atoms with Crippen molar-refractivity contribution in [3.63, 3.8) is 0 Å². The number of anilines is 2. The van der Waals surface area contributed by atoms with E-state index < -0.39 is 11.4 Å². The van der Waals surface area contributed by atoms with Crippen LogP contribution in [0.1, 0.15) is 44.9 Å². The van der Waals surface area contributed by atoms with Crippen molar-refractivity contribution in [1.29, 1.82) is 0 Å². The van der Waals surface area contributed by atoms with Gasteiger partial charge in [-0.05, 0) is 31.9 Å². The summed E-state index contributed by atoms with van der Waals surface area (Å²) in [6, 6.07) is 7.73. The predicted molar refractivity (Wildman–Crippen MR) is 108 cm³/mol. The molecule has 0 spiro atoms. The number of nitrogens with one attached hydrogen (secondary N) is 1. The summed E-state index contributed by atoms with van der Waals surface area (Å²) in [6.45, 7) is 8.16. The second kappa shape index (κ2) is 9.10. The monoisotopic (exact) mass is 389 g/mol. The zero-order valence-electron chi connectivity index (χ0n) is 16.3. The van der Waals surface area contributed by atoms with Crippen molar-refractivity contribution in [2.24, 2.45) is 5.41 Å². The van der Waals surface area contributed by atoms with E-state index in [1.807, 2.05) is 50.4 Å². The standard InChI is InChI=1S/C20H27N3O3S/c1-5-20(6-2,18(25)26)13-21-11-16-12-27-19(22-16)23(15(4)24)17-9-7-14(3)8-10-17/h7-10,12,21H,5-6,11,13H2,1-4H3,(H,25,26). The number of carbonyl (C=O) groups excluding carboxylic acids is 1. The van der Waals surface area contributed by atoms with Gasteiger partial charge in [0.25, 0.3) is 0 Å². The molecule has 1 aromatic carbocycles. The Labute approximate surface area is 164 Å². The highest BCUT2D eigenvalue weighted by Crippen LogP contribution is 2.29. The molecule has 7 heteroatoms. The minimum absolute atomic E-state index is 0.102. The summed E-state index contributed by atoms with van der Waals surface area (Å²) in [7, 11) is 0. The number of hydrogen-bond donors (Lipinski definition) is 2. The minimum Gasteiger partial charge on any atom is -0.481 e. The van der Waals surface area contributed by atoms with Gasteiger partial charge < -0.3 is 10.4 Å². The van der Waals surface area contributed by atoms with Crippen LogP contribution in [0.3, 0.4) is 0 Å². The van der Waals surface area contributed by atoms with E-state index in [1.165, 1.54) is 18.3 Å². The van der Waals surface area contributed by atoms with Crippen LogP contribution in [0.5, 0.6) is 0 Å². The Bertz CT molecular complexity index is 782. The van der Waals surface area contributed by atoms with Crippen LogP contribution < -0.4 is 10.2 Å². The largest absolute Gasteiger partial charge is 0.481 e. The number of nitrogens with zero attached hydrogens (tertiary/aromatic N) is 2. The Balaban J connectivity index is 2.09. The molecule has 0 aliphatic heterocycles. The van der Waals surface area contributed by atoms with Gasteiger partial charge in [-0.25, -0.2) is 4.98 Å². The number of carboxylic acids is 1. The molecule has 0 bridgehead atoms. The molecule has 1 aromatic heterocycles. The van der Waals surface area contributed by atoms with Crippen molar-refractivity contribution in [2.45, 2.75) is 47.1 Å². The van der Waals surface area contributed by atoms with Gasteiger partial charge in [0.1, 0.15) is 0 Å². The lowest BCUT2D eigenvalue weighted by Crippen LogP contribution is -2.40. The second-order valence-corrected chi connectivity index (χ2v) is 7.54. The molecule has 0 aliphatic rings. The molecule has 2 rings (SSSR count). The lowest BCUT2D eigenvalue weighted by molar-refractivity contribution is -0.149. The topological polar surface area (TPSA) is 82.5 Å². The normalized spacial score (nSPS) is 11.4. The summed E-state index contributed by atoms with van der Waals surface area (Å²) in [5.74, 6) is -0.879. The van der Waals surface area contributed by atoms with E-state index in [9.17, 15) is 14.7 Å². The Morgan fingerprint density at radius 2 is 1.85 bits per heavy atom. The summed E-state index contributed by atoms with van der Waals surface area (Å²) in [6.07, 6.45) is 1.14. The maximum atomic E-state index is 12.1. The van der Waals surface area contributed by atoms with E-state index in [0.29, 0.717) is 31.1 Å². The first kappa shape index (κ1) is 21.1. The van der Waals surface area contributed by atoms with Gasteiger partial charge in [0.05, 0.1) is 16.8 Å². The highest BCUT2D eigenvalue weighted by molar-refractivity contribution is 7.14. The highest BCUT2D eigenvalue weighted by Gasteiger charge is 2.34. The fraction of sp³-hybridized carbons (Fsp3) is 0.450. The summed E-state index contributed by atoms with van der Waals surface area (Å²) >= 11 is 1.40. The highest BCUT2D eigenvalue weighted by atomic mass is 32.1. The minimum atomic E-state index is -0.777. The number of hydrogen-bond acceptors (Lipinski definition) is 5. The summed E-state index contributed by atoms with van der Waals surface area (Å²) in [5, 5.41) is 15.2. The Hall–Kier alpha value is -2.25. The number of aliphatic carboxylic acids is 1. The van der Waals surface area contributed by atoms with Crippen molar-refractivity contribution < 1.29 is 14.7 Å². The number of rotatable bonds is 9. The molecular formula is C20H27N3O3S. The quantitative estimate of drug-likeness (QED) is 0.674. The lowest BCUT2D eigenvalue weighted by Gasteiger charge is -2.26. The van der Waals surface area contributed by atoms with Gasteiger partial charge in [-0.2, -0.15) is 0 Å². The first-order valence-electron chi connectivity index (χ1n) is 9.09. The molecule has 0 atom stereocenters. The maximum absolute atomic E-state index is 12.1. The fourth-order valence-electron chi connectivity index (χ4n) is 2.91. The zero-order valence-corrected chi connectivity index (χ0v) is 17.1. The van der Waals surface area contributed by atoms with Crippen LogP contribution in [-0.4, -0.2) is 28.5 Å². The number of amides is 1. The SMILES string of the molecule is CCC(CC)(CNCc1csc(N(C(C)=O)c2ccc(C)cc2)n1)C(=O)O. The van der Waals surface area contributed by atoms with Crippen molar-refractivity contribution in [3.8, 4) is 0 Å². The van der Waals surface area contributed by atoms with Crippen LogP contribution in [0.15, 0.2) is 29.6 Å². The molecule has 2 aromatic rings. The van der Waals surface area contributed by atoms with Gasteiger partial charge >= 0.3 is 5.97 Å². The number of thiazole rings is 1. The molecule has 0 fully saturated rings. The van der Waals surface area contributed by atoms with Crippen LogP contribution in [0, 0.1) is 12.3 Å². The summed E-state index contributed by atoms with van der Waals surface area (Å²) in [4.78, 5) is 29.9. The number of aromatic nitrogens is 1. The average molecular weight is 390 g/mol. The summed E-state index contributed by atoms with van der Waals surface area (Å²) in [5.41, 5.74) is 1.94. The Kier molecular flexibility index (Phi) is 7.10. The fourth-order valence-corrected chi connectivity index (χ4v) is 3.80. The van der Waals surface area contributed by atoms with Crippen molar-refractivity contribution in [2.75, 3.05) is 11.4 Å². The molecular weight excluding hydrogens is 362 g/mol. The molecule has 2 N–H and O–H groups in total. The molecule has 1 amide bonds. The van der Waals surface area contributed by atoms with Gasteiger partial charge in [0.2, 0.25) is 5.91 Å². The first-order valence-corrected chi connectivity index (χ1v) is 9.96. The molecule has 146 valence electrons. The molecule has 6 nitrogen and oxygen atoms in total. The average Bonchev–Trinajstić information content (AvgIpc) is 3.08. The van der Waals surface area contributed by atoms with Gasteiger partial charge in [-0.15, -0.1) is 11.3 Å². The van der Waals surface area contributed by atoms with Gasteiger partial charge in [0.15, 0.2) is 5.13 Å². The molecule has 0 radical (unpaired) electrons. The van der Waals surface area contributed by atoms with E-state index in [2.05, 4.69) is 10.3 Å². The molecule has 27 heavy (non-hydrogen) atoms. The van der Waals surface area contributed by atoms with E-state index in [0.717, 1.165) is 16.9 Å². The van der Waals surface area contributed by atoms with Crippen molar-refractivity contribution in [3.05, 3.63) is 40.9 Å². The number of benzene rings is 1. The van der Waals surface area contributed by atoms with Gasteiger partial charge in [0, 0.05) is 25.4 Å². The smallest absolute Gasteiger partial charge is 0.310 e. The molecule has 1 heterocycles. The first-order chi connectivity index (χ1) is 12.8. The number of carboxylic acid groups (broad SMARTS) is 1. The molecule has 0 saturated heterocycles.